The van der Waals surface area contributed by atoms with E-state index in [4.69, 9.17) is 4.74 Å². The van der Waals surface area contributed by atoms with Crippen LogP contribution < -0.4 is 9.64 Å². The molecule has 0 bridgehead atoms. The molecule has 0 spiro atoms. The average molecular weight is 325 g/mol. The van der Waals surface area contributed by atoms with E-state index in [1.54, 1.807) is 0 Å². The molecule has 0 fully saturated rings. The topological polar surface area (TPSA) is 29.5 Å². The second kappa shape index (κ2) is 5.57. The summed E-state index contributed by atoms with van der Waals surface area (Å²) in [6, 6.07) is 7.75. The molecule has 2 aromatic rings. The number of ether oxygens (including phenoxy) is 1. The number of hydrogen-bond acceptors (Lipinski definition) is 2. The maximum absolute atomic E-state index is 13.2. The van der Waals surface area contributed by atoms with E-state index in [1.165, 1.54) is 23.1 Å². The van der Waals surface area contributed by atoms with Gasteiger partial charge in [-0.25, -0.2) is 4.39 Å². The minimum Gasteiger partial charge on any atom is -0.489 e. The van der Waals surface area contributed by atoms with Crippen LogP contribution >= 0.6 is 0 Å². The van der Waals surface area contributed by atoms with E-state index in [0.717, 1.165) is 24.3 Å². The molecule has 7 heteroatoms. The van der Waals surface area contributed by atoms with E-state index in [0.29, 0.717) is 5.69 Å². The van der Waals surface area contributed by atoms with Crippen LogP contribution in [0, 0.1) is 5.82 Å². The molecular weight excluding hydrogens is 314 g/mol. The predicted molar refractivity (Wildman–Crippen MR) is 75.0 cm³/mol. The van der Waals surface area contributed by atoms with Crippen LogP contribution in [0.25, 0.3) is 0 Å². The van der Waals surface area contributed by atoms with Crippen LogP contribution in [0.15, 0.2) is 42.5 Å². The van der Waals surface area contributed by atoms with Gasteiger partial charge in [0.2, 0.25) is 0 Å². The molecule has 120 valence electrons. The van der Waals surface area contributed by atoms with E-state index in [-0.39, 0.29) is 24.5 Å². The molecule has 3 rings (SSSR count). The summed E-state index contributed by atoms with van der Waals surface area (Å²) in [7, 11) is 0. The van der Waals surface area contributed by atoms with Crippen molar-refractivity contribution in [3.8, 4) is 5.75 Å². The summed E-state index contributed by atoms with van der Waals surface area (Å²) in [4.78, 5) is 13.9. The SMILES string of the molecule is O=C(c1ccc(C(F)(F)F)cc1)N1CCOc2cc(F)ccc21. The predicted octanol–water partition coefficient (Wildman–Crippen LogP) is 3.88. The van der Waals surface area contributed by atoms with Gasteiger partial charge in [0.15, 0.2) is 0 Å². The van der Waals surface area contributed by atoms with Gasteiger partial charge in [0, 0.05) is 11.6 Å². The first-order valence-electron chi connectivity index (χ1n) is 6.78. The molecule has 0 saturated carbocycles. The minimum atomic E-state index is -4.45. The smallest absolute Gasteiger partial charge is 0.416 e. The Kier molecular flexibility index (Phi) is 3.71. The van der Waals surface area contributed by atoms with Crippen LogP contribution in [0.1, 0.15) is 15.9 Å². The number of hydrogen-bond donors (Lipinski definition) is 0. The first-order chi connectivity index (χ1) is 10.9. The summed E-state index contributed by atoms with van der Waals surface area (Å²) >= 11 is 0. The van der Waals surface area contributed by atoms with Crippen LogP contribution in [0.2, 0.25) is 0 Å². The first kappa shape index (κ1) is 15.3. The summed E-state index contributed by atoms with van der Waals surface area (Å²) in [5.41, 5.74) is -0.309. The first-order valence-corrected chi connectivity index (χ1v) is 6.78. The lowest BCUT2D eigenvalue weighted by molar-refractivity contribution is -0.137. The molecule has 0 aliphatic carbocycles. The van der Waals surface area contributed by atoms with Gasteiger partial charge in [-0.3, -0.25) is 4.79 Å². The fourth-order valence-corrected chi connectivity index (χ4v) is 2.36. The molecule has 3 nitrogen and oxygen atoms in total. The average Bonchev–Trinajstić information content (AvgIpc) is 2.52. The Morgan fingerprint density at radius 1 is 1.09 bits per heavy atom. The zero-order valence-electron chi connectivity index (χ0n) is 11.7. The van der Waals surface area contributed by atoms with Crippen molar-refractivity contribution in [2.24, 2.45) is 0 Å². The van der Waals surface area contributed by atoms with Gasteiger partial charge >= 0.3 is 6.18 Å². The number of nitrogens with zero attached hydrogens (tertiary/aromatic N) is 1. The molecule has 0 saturated heterocycles. The number of fused-ring (bicyclic) bond motifs is 1. The maximum atomic E-state index is 13.2. The number of carbonyl (C=O) groups is 1. The summed E-state index contributed by atoms with van der Waals surface area (Å²) in [5.74, 6) is -0.723. The Bertz CT molecular complexity index is 741. The molecule has 1 aliphatic rings. The highest BCUT2D eigenvalue weighted by molar-refractivity contribution is 6.07. The Balaban J connectivity index is 1.90. The van der Waals surface area contributed by atoms with Crippen molar-refractivity contribution in [1.29, 1.82) is 0 Å². The number of amides is 1. The number of halogens is 4. The number of carbonyl (C=O) groups excluding carboxylic acids is 1. The van der Waals surface area contributed by atoms with Crippen molar-refractivity contribution in [3.63, 3.8) is 0 Å². The van der Waals surface area contributed by atoms with E-state index in [9.17, 15) is 22.4 Å². The zero-order chi connectivity index (χ0) is 16.6. The Labute approximate surface area is 129 Å². The van der Waals surface area contributed by atoms with Crippen LogP contribution in [-0.4, -0.2) is 19.1 Å². The van der Waals surface area contributed by atoms with Crippen molar-refractivity contribution in [3.05, 3.63) is 59.4 Å². The number of rotatable bonds is 1. The second-order valence-corrected chi connectivity index (χ2v) is 4.99. The van der Waals surface area contributed by atoms with Crippen molar-refractivity contribution in [2.45, 2.75) is 6.18 Å². The van der Waals surface area contributed by atoms with Crippen molar-refractivity contribution >= 4 is 11.6 Å². The van der Waals surface area contributed by atoms with Gasteiger partial charge in [-0.05, 0) is 36.4 Å². The van der Waals surface area contributed by atoms with E-state index < -0.39 is 23.5 Å². The quantitative estimate of drug-likeness (QED) is 0.745. The van der Waals surface area contributed by atoms with Gasteiger partial charge < -0.3 is 9.64 Å². The summed E-state index contributed by atoms with van der Waals surface area (Å²) in [6.45, 7) is 0.418. The van der Waals surface area contributed by atoms with Gasteiger partial charge in [0.25, 0.3) is 5.91 Å². The highest BCUT2D eigenvalue weighted by Crippen LogP contribution is 2.34. The second-order valence-electron chi connectivity index (χ2n) is 4.99. The zero-order valence-corrected chi connectivity index (χ0v) is 11.7. The van der Waals surface area contributed by atoms with Gasteiger partial charge in [-0.1, -0.05) is 0 Å². The minimum absolute atomic E-state index is 0.121. The number of benzene rings is 2. The lowest BCUT2D eigenvalue weighted by atomic mass is 10.1. The molecule has 23 heavy (non-hydrogen) atoms. The van der Waals surface area contributed by atoms with Crippen LogP contribution in [0.3, 0.4) is 0 Å². The monoisotopic (exact) mass is 325 g/mol. The fourth-order valence-electron chi connectivity index (χ4n) is 2.36. The van der Waals surface area contributed by atoms with Crippen LogP contribution in [0.4, 0.5) is 23.2 Å². The number of anilines is 1. The van der Waals surface area contributed by atoms with E-state index in [1.807, 2.05) is 0 Å². The van der Waals surface area contributed by atoms with Gasteiger partial charge in [-0.2, -0.15) is 13.2 Å². The summed E-state index contributed by atoms with van der Waals surface area (Å²) in [6.07, 6.45) is -4.45. The number of alkyl halides is 3. The molecule has 1 heterocycles. The van der Waals surface area contributed by atoms with Crippen LogP contribution in [0.5, 0.6) is 5.75 Å². The van der Waals surface area contributed by atoms with E-state index in [2.05, 4.69) is 0 Å². The fraction of sp³-hybridized carbons (Fsp3) is 0.188. The largest absolute Gasteiger partial charge is 0.489 e. The summed E-state index contributed by atoms with van der Waals surface area (Å²) < 4.78 is 56.2. The Morgan fingerprint density at radius 2 is 1.78 bits per heavy atom. The van der Waals surface area contributed by atoms with Crippen molar-refractivity contribution < 1.29 is 27.1 Å². The molecule has 1 amide bonds. The van der Waals surface area contributed by atoms with E-state index >= 15 is 0 Å². The Hall–Kier alpha value is -2.57. The molecule has 0 unspecified atom stereocenters. The molecule has 1 aliphatic heterocycles. The lowest BCUT2D eigenvalue weighted by Gasteiger charge is -2.29. The highest BCUT2D eigenvalue weighted by atomic mass is 19.4. The standard InChI is InChI=1S/C16H11F4NO2/c17-12-5-6-13-14(9-12)23-8-7-21(13)15(22)10-1-3-11(4-2-10)16(18,19)20/h1-6,9H,7-8H2. The third-order valence-electron chi connectivity index (χ3n) is 3.49. The molecule has 0 aromatic heterocycles. The van der Waals surface area contributed by atoms with Gasteiger partial charge in [-0.15, -0.1) is 0 Å². The molecule has 0 N–H and O–H groups in total. The molecule has 0 atom stereocenters. The molecule has 0 radical (unpaired) electrons. The normalized spacial score (nSPS) is 14.2. The summed E-state index contributed by atoms with van der Waals surface area (Å²) in [5, 5.41) is 0. The molecular formula is C16H11F4NO2. The third kappa shape index (κ3) is 2.99. The third-order valence-corrected chi connectivity index (χ3v) is 3.49. The molecule has 2 aromatic carbocycles. The van der Waals surface area contributed by atoms with Crippen molar-refractivity contribution in [1.82, 2.24) is 0 Å². The lowest BCUT2D eigenvalue weighted by Crippen LogP contribution is -2.38. The Morgan fingerprint density at radius 3 is 2.43 bits per heavy atom. The van der Waals surface area contributed by atoms with Crippen molar-refractivity contribution in [2.75, 3.05) is 18.1 Å². The van der Waals surface area contributed by atoms with Gasteiger partial charge in [0.05, 0.1) is 17.8 Å². The maximum Gasteiger partial charge on any atom is 0.416 e. The highest BCUT2D eigenvalue weighted by Gasteiger charge is 2.31. The van der Waals surface area contributed by atoms with Gasteiger partial charge in [0.1, 0.15) is 18.2 Å². The van der Waals surface area contributed by atoms with Crippen LogP contribution in [-0.2, 0) is 6.18 Å².